The summed E-state index contributed by atoms with van der Waals surface area (Å²) in [5, 5.41) is 6.74. The molecule has 0 unspecified atom stereocenters. The van der Waals surface area contributed by atoms with Gasteiger partial charge < -0.3 is 10.6 Å². The van der Waals surface area contributed by atoms with Gasteiger partial charge >= 0.3 is 0 Å². The molecule has 0 bridgehead atoms. The quantitative estimate of drug-likeness (QED) is 0.213. The van der Waals surface area contributed by atoms with Crippen LogP contribution in [-0.2, 0) is 10.0 Å². The van der Waals surface area contributed by atoms with Crippen molar-refractivity contribution in [3.8, 4) is 11.3 Å². The van der Waals surface area contributed by atoms with Crippen LogP contribution < -0.4 is 20.9 Å². The fraction of sp³-hybridized carbons (Fsp3) is 0.520. The average Bonchev–Trinajstić information content (AvgIpc) is 2.88. The van der Waals surface area contributed by atoms with E-state index in [1.165, 1.54) is 16.8 Å². The van der Waals surface area contributed by atoms with Crippen LogP contribution >= 0.6 is 22.6 Å². The minimum Gasteiger partial charge on any atom is -0.350 e. The number of hydrogen-bond donors (Lipinski definition) is 3. The maximum absolute atomic E-state index is 14.9. The summed E-state index contributed by atoms with van der Waals surface area (Å²) in [4.78, 5) is 26.9. The molecule has 10 nitrogen and oxygen atoms in total. The smallest absolute Gasteiger partial charge is 0.278 e. The van der Waals surface area contributed by atoms with Crippen molar-refractivity contribution in [2.45, 2.75) is 51.6 Å². The number of anilines is 2. The first-order valence-corrected chi connectivity index (χ1v) is 15.9. The molecule has 1 saturated heterocycles. The predicted octanol–water partition coefficient (Wildman–Crippen LogP) is 4.19. The van der Waals surface area contributed by atoms with Crippen molar-refractivity contribution in [3.63, 3.8) is 0 Å². The summed E-state index contributed by atoms with van der Waals surface area (Å²) in [6, 6.07) is 3.26. The Morgan fingerprint density at radius 3 is 2.65 bits per heavy atom. The van der Waals surface area contributed by atoms with Crippen molar-refractivity contribution in [2.75, 3.05) is 33.3 Å². The number of nitrogens with zero attached hydrogens (tertiary/aromatic N) is 4. The summed E-state index contributed by atoms with van der Waals surface area (Å²) in [5.74, 6) is -4.13. The van der Waals surface area contributed by atoms with E-state index in [-0.39, 0.29) is 23.3 Å². The molecule has 15 heteroatoms. The second-order valence-corrected chi connectivity index (χ2v) is 13.0. The molecule has 0 saturated carbocycles. The number of rotatable bonds is 10. The van der Waals surface area contributed by atoms with Crippen molar-refractivity contribution >= 4 is 55.4 Å². The summed E-state index contributed by atoms with van der Waals surface area (Å²) >= 11 is 2.37. The van der Waals surface area contributed by atoms with Gasteiger partial charge in [-0.15, -0.1) is 0 Å². The number of piperidine rings is 1. The molecule has 2 atom stereocenters. The van der Waals surface area contributed by atoms with Crippen LogP contribution in [-0.4, -0.2) is 63.2 Å². The van der Waals surface area contributed by atoms with Crippen molar-refractivity contribution < 1.29 is 21.6 Å². The lowest BCUT2D eigenvalue weighted by Crippen LogP contribution is -2.44. The Labute approximate surface area is 243 Å². The van der Waals surface area contributed by atoms with Gasteiger partial charge in [-0.25, -0.2) is 31.6 Å². The lowest BCUT2D eigenvalue weighted by atomic mass is 9.98. The van der Waals surface area contributed by atoms with Gasteiger partial charge in [-0.05, 0) is 51.8 Å². The predicted molar refractivity (Wildman–Crippen MR) is 157 cm³/mol. The molecule has 2 aromatic heterocycles. The lowest BCUT2D eigenvalue weighted by molar-refractivity contribution is 0.0189. The van der Waals surface area contributed by atoms with Crippen LogP contribution in [0.15, 0.2) is 29.2 Å². The maximum atomic E-state index is 14.9. The summed E-state index contributed by atoms with van der Waals surface area (Å²) in [7, 11) is -4.22. The second kappa shape index (κ2) is 12.1. The van der Waals surface area contributed by atoms with Gasteiger partial charge in [-0.3, -0.25) is 14.1 Å². The number of aromatic nitrogens is 4. The number of sulfonamides is 1. The Kier molecular flexibility index (Phi) is 9.24. The fourth-order valence-corrected chi connectivity index (χ4v) is 6.36. The van der Waals surface area contributed by atoms with E-state index < -0.39 is 45.2 Å². The molecule has 218 valence electrons. The first kappa shape index (κ1) is 30.4. The van der Waals surface area contributed by atoms with E-state index in [1.807, 2.05) is 18.6 Å². The van der Waals surface area contributed by atoms with E-state index in [4.69, 9.17) is 0 Å². The topological polar surface area (TPSA) is 131 Å². The summed E-state index contributed by atoms with van der Waals surface area (Å²) in [6.07, 6.45) is 1.56. The van der Waals surface area contributed by atoms with E-state index in [1.54, 1.807) is 0 Å². The van der Waals surface area contributed by atoms with Crippen LogP contribution in [0.4, 0.5) is 24.8 Å². The highest BCUT2D eigenvalue weighted by molar-refractivity contribution is 14.1. The molecule has 1 aliphatic rings. The average molecular weight is 694 g/mol. The van der Waals surface area contributed by atoms with E-state index in [2.05, 4.69) is 48.2 Å². The number of nitrogens with one attached hydrogen (secondary N) is 3. The van der Waals surface area contributed by atoms with Crippen LogP contribution in [0.25, 0.3) is 22.4 Å². The third-order valence-electron chi connectivity index (χ3n) is 6.46. The minimum absolute atomic E-state index is 0.0641. The Morgan fingerprint density at radius 2 is 2.00 bits per heavy atom. The largest absolute Gasteiger partial charge is 0.350 e. The number of halogens is 4. The highest BCUT2D eigenvalue weighted by atomic mass is 127. The first-order valence-electron chi connectivity index (χ1n) is 12.8. The van der Waals surface area contributed by atoms with Gasteiger partial charge in [0.05, 0.1) is 17.6 Å². The number of hydrogen-bond acceptors (Lipinski definition) is 8. The molecule has 3 heterocycles. The zero-order valence-corrected chi connectivity index (χ0v) is 25.2. The maximum Gasteiger partial charge on any atom is 0.278 e. The third-order valence-corrected chi connectivity index (χ3v) is 8.98. The standard InChI is InChI=1S/C25H31F3IN7O3S/c1-14(2)36-22-20(13-31-24(34-22)32-17-8-15(10-29)11-30-12-17)33-21(23(36)37)16-4-5-19(18(26)9-16)35-40(38,39)7-6-25(3,27)28/h4-5,9,13-15,17,30,35H,6-8,10-12H2,1-3H3,(H,31,32,34)/t15-,17-/m0/s1. The third kappa shape index (κ3) is 7.40. The van der Waals surface area contributed by atoms with Crippen molar-refractivity contribution in [3.05, 3.63) is 40.6 Å². The first-order chi connectivity index (χ1) is 18.8. The van der Waals surface area contributed by atoms with E-state index >= 15 is 0 Å². The van der Waals surface area contributed by atoms with Gasteiger partial charge in [-0.1, -0.05) is 28.7 Å². The van der Waals surface area contributed by atoms with E-state index in [9.17, 15) is 26.4 Å². The highest BCUT2D eigenvalue weighted by Crippen LogP contribution is 2.26. The molecular formula is C25H31F3IN7O3S. The summed E-state index contributed by atoms with van der Waals surface area (Å²) in [5.41, 5.74) is -0.226. The molecule has 3 aromatic rings. The van der Waals surface area contributed by atoms with Crippen molar-refractivity contribution in [2.24, 2.45) is 5.92 Å². The fourth-order valence-electron chi connectivity index (χ4n) is 4.46. The van der Waals surface area contributed by atoms with Crippen molar-refractivity contribution in [1.29, 1.82) is 0 Å². The summed E-state index contributed by atoms with van der Waals surface area (Å²) < 4.78 is 69.9. The van der Waals surface area contributed by atoms with Crippen LogP contribution in [0.1, 0.15) is 39.7 Å². The van der Waals surface area contributed by atoms with Crippen LogP contribution in [0.5, 0.6) is 0 Å². The molecule has 1 fully saturated rings. The molecular weight excluding hydrogens is 662 g/mol. The Hall–Kier alpha value is -2.53. The van der Waals surface area contributed by atoms with Gasteiger partial charge in [0.1, 0.15) is 17.0 Å². The molecule has 0 amide bonds. The number of fused-ring (bicyclic) bond motifs is 1. The Balaban J connectivity index is 1.64. The van der Waals surface area contributed by atoms with Crippen LogP contribution in [0.2, 0.25) is 0 Å². The monoisotopic (exact) mass is 693 g/mol. The zero-order valence-electron chi connectivity index (χ0n) is 22.2. The lowest BCUT2D eigenvalue weighted by Gasteiger charge is -2.29. The molecule has 40 heavy (non-hydrogen) atoms. The van der Waals surface area contributed by atoms with Crippen LogP contribution in [0.3, 0.4) is 0 Å². The molecule has 0 spiro atoms. The zero-order chi connectivity index (χ0) is 29.2. The van der Waals surface area contributed by atoms with Gasteiger partial charge in [0.25, 0.3) is 5.56 Å². The second-order valence-electron chi connectivity index (χ2n) is 10.3. The summed E-state index contributed by atoms with van der Waals surface area (Å²) in [6.45, 7) is 5.97. The normalized spacial score (nSPS) is 18.3. The molecule has 1 aliphatic heterocycles. The molecule has 0 radical (unpaired) electrons. The highest BCUT2D eigenvalue weighted by Gasteiger charge is 2.26. The minimum atomic E-state index is -4.22. The van der Waals surface area contributed by atoms with Gasteiger partial charge in [0.15, 0.2) is 5.65 Å². The van der Waals surface area contributed by atoms with E-state index in [0.717, 1.165) is 36.1 Å². The van der Waals surface area contributed by atoms with Gasteiger partial charge in [-0.2, -0.15) is 4.98 Å². The van der Waals surface area contributed by atoms with Crippen molar-refractivity contribution in [1.82, 2.24) is 24.8 Å². The Bertz CT molecular complexity index is 1550. The number of benzene rings is 1. The van der Waals surface area contributed by atoms with E-state index in [0.29, 0.717) is 30.0 Å². The number of alkyl halides is 3. The molecule has 4 rings (SSSR count). The van der Waals surface area contributed by atoms with Gasteiger partial charge in [0.2, 0.25) is 21.9 Å². The van der Waals surface area contributed by atoms with Gasteiger partial charge in [0, 0.05) is 35.0 Å². The Morgan fingerprint density at radius 1 is 1.25 bits per heavy atom. The molecule has 3 N–H and O–H groups in total. The molecule has 1 aromatic carbocycles. The van der Waals surface area contributed by atoms with Crippen LogP contribution in [0, 0.1) is 11.7 Å². The molecule has 0 aliphatic carbocycles. The SMILES string of the molecule is CC(C)n1c(=O)c(-c2ccc(NS(=O)(=O)CCC(C)(F)F)c(F)c2)nc2cnc(N[C@@H]3CNC[C@H](CI)C3)nc21.